The largest absolute Gasteiger partial charge is 0.530 e. The summed E-state index contributed by atoms with van der Waals surface area (Å²) in [5.74, 6) is -1.36. The van der Waals surface area contributed by atoms with Gasteiger partial charge >= 0.3 is 12.1 Å². The molecule has 3 amide bonds. The Morgan fingerprint density at radius 1 is 1.00 bits per heavy atom. The van der Waals surface area contributed by atoms with E-state index < -0.39 is 47.0 Å². The Morgan fingerprint density at radius 2 is 1.55 bits per heavy atom. The lowest BCUT2D eigenvalue weighted by Crippen LogP contribution is -2.63. The molecular formula is C28H47FN3O6+. The number of urea groups is 1. The van der Waals surface area contributed by atoms with E-state index in [1.165, 1.54) is 64.7 Å². The van der Waals surface area contributed by atoms with Gasteiger partial charge in [-0.15, -0.1) is 4.99 Å². The van der Waals surface area contributed by atoms with Crippen LogP contribution in [-0.4, -0.2) is 68.8 Å². The van der Waals surface area contributed by atoms with Gasteiger partial charge in [0.15, 0.2) is 18.1 Å². The number of carbonyl (C=O) groups is 2. The standard InChI is InChI=1S/C28H46FN3O6/c1-3-4-5-6-7-8-9-10-11-12-13-14-15-16-17-18-19-30-25-22(29)20-32(28(36)37,27(35)31-25)26-24(34)23(33)21(2)38-26/h10-11,20-21,23-24,26,33-34H,3-9,12-19H2,1-2H3,(H-,30,31,35,36,37)/p+1/b11-10-/t21-,23-,24-,26-,32?/m1/s1. The van der Waals surface area contributed by atoms with E-state index in [9.17, 15) is 29.3 Å². The molecule has 2 aliphatic rings. The lowest BCUT2D eigenvalue weighted by molar-refractivity contribution is -0.785. The smallest absolute Gasteiger partial charge is 0.435 e. The lowest BCUT2D eigenvalue weighted by Gasteiger charge is -2.32. The minimum atomic E-state index is -1.76. The molecule has 5 atom stereocenters. The zero-order valence-corrected chi connectivity index (χ0v) is 23.0. The quantitative estimate of drug-likeness (QED) is 0.102. The highest BCUT2D eigenvalue weighted by Gasteiger charge is 2.62. The highest BCUT2D eigenvalue weighted by Crippen LogP contribution is 2.34. The number of aliphatic imine (C=N–C) groups is 1. The first-order valence-corrected chi connectivity index (χ1v) is 14.3. The molecule has 10 heteroatoms. The molecule has 0 saturated carbocycles. The molecule has 0 spiro atoms. The van der Waals surface area contributed by atoms with Gasteiger partial charge in [-0.25, -0.2) is 4.79 Å². The summed E-state index contributed by atoms with van der Waals surface area (Å²) in [5, 5.41) is 32.6. The van der Waals surface area contributed by atoms with Gasteiger partial charge in [0, 0.05) is 6.54 Å². The number of allylic oxidation sites excluding steroid dienone is 2. The molecule has 216 valence electrons. The summed E-state index contributed by atoms with van der Waals surface area (Å²) in [6.45, 7) is 4.05. The van der Waals surface area contributed by atoms with E-state index in [-0.39, 0.29) is 5.84 Å². The van der Waals surface area contributed by atoms with E-state index in [0.717, 1.165) is 32.1 Å². The molecule has 2 aliphatic heterocycles. The third-order valence-corrected chi connectivity index (χ3v) is 7.24. The molecule has 2 rings (SSSR count). The Kier molecular flexibility index (Phi) is 14.1. The number of nitrogens with zero attached hydrogens (tertiary/aromatic N) is 2. The Bertz CT molecular complexity index is 848. The highest BCUT2D eigenvalue weighted by molar-refractivity contribution is 6.05. The molecule has 1 saturated heterocycles. The molecular weight excluding hydrogens is 493 g/mol. The fourth-order valence-electron chi connectivity index (χ4n) is 4.82. The van der Waals surface area contributed by atoms with Gasteiger partial charge < -0.3 is 25.4 Å². The molecule has 4 N–H and O–H groups in total. The van der Waals surface area contributed by atoms with Gasteiger partial charge in [0.2, 0.25) is 12.1 Å². The number of carboxylic acid groups (broad SMARTS) is 1. The van der Waals surface area contributed by atoms with Gasteiger partial charge in [-0.2, -0.15) is 9.18 Å². The maximum atomic E-state index is 14.8. The zero-order valence-electron chi connectivity index (χ0n) is 23.0. The first kappa shape index (κ1) is 32.1. The van der Waals surface area contributed by atoms with Crippen LogP contribution in [0.3, 0.4) is 0 Å². The van der Waals surface area contributed by atoms with Gasteiger partial charge in [0.25, 0.3) is 0 Å². The molecule has 9 nitrogen and oxygen atoms in total. The molecule has 1 fully saturated rings. The number of hydrogen-bond donors (Lipinski definition) is 4. The van der Waals surface area contributed by atoms with Crippen molar-refractivity contribution in [3.8, 4) is 0 Å². The third kappa shape index (κ3) is 8.97. The first-order chi connectivity index (χ1) is 18.3. The monoisotopic (exact) mass is 540 g/mol. The van der Waals surface area contributed by atoms with Crippen LogP contribution in [0.4, 0.5) is 14.0 Å². The summed E-state index contributed by atoms with van der Waals surface area (Å²) in [7, 11) is 0. The summed E-state index contributed by atoms with van der Waals surface area (Å²) >= 11 is 0. The van der Waals surface area contributed by atoms with Crippen molar-refractivity contribution in [3.05, 3.63) is 24.2 Å². The van der Waals surface area contributed by atoms with E-state index in [1.807, 2.05) is 0 Å². The van der Waals surface area contributed by atoms with Crippen molar-refractivity contribution in [2.24, 2.45) is 4.99 Å². The molecule has 2 heterocycles. The fourth-order valence-corrected chi connectivity index (χ4v) is 4.82. The van der Waals surface area contributed by atoms with E-state index in [2.05, 4.69) is 29.4 Å². The number of aliphatic hydroxyl groups is 2. The summed E-state index contributed by atoms with van der Waals surface area (Å²) in [6, 6.07) is -1.22. The van der Waals surface area contributed by atoms with Gasteiger partial charge in [-0.1, -0.05) is 81.3 Å². The second-order valence-corrected chi connectivity index (χ2v) is 10.4. The number of aliphatic hydroxyl groups excluding tert-OH is 2. The Balaban J connectivity index is 1.62. The molecule has 38 heavy (non-hydrogen) atoms. The average molecular weight is 541 g/mol. The number of quaternary nitrogens is 1. The number of unbranched alkanes of at least 4 members (excludes halogenated alkanes) is 12. The van der Waals surface area contributed by atoms with Crippen LogP contribution in [-0.2, 0) is 4.74 Å². The number of hydrogen-bond acceptors (Lipinski definition) is 6. The van der Waals surface area contributed by atoms with Crippen molar-refractivity contribution < 1.29 is 38.5 Å². The molecule has 1 unspecified atom stereocenters. The average Bonchev–Trinajstić information content (AvgIpc) is 3.14. The molecule has 0 aliphatic carbocycles. The van der Waals surface area contributed by atoms with Crippen molar-refractivity contribution in [2.75, 3.05) is 6.54 Å². The van der Waals surface area contributed by atoms with Crippen LogP contribution >= 0.6 is 0 Å². The van der Waals surface area contributed by atoms with E-state index in [1.54, 1.807) is 0 Å². The molecule has 0 radical (unpaired) electrons. The van der Waals surface area contributed by atoms with Crippen molar-refractivity contribution >= 4 is 18.0 Å². The Hall–Kier alpha value is -2.14. The number of halogens is 1. The highest BCUT2D eigenvalue weighted by atomic mass is 19.1. The SMILES string of the molecule is CCCCCCCC/C=C\CCCCCCCCNC1=NC(=O)[N+](C(=O)O)([C@@H]2O[C@H](C)[C@@H](O)[C@H]2O)C=C1F. The number of amides is 3. The van der Waals surface area contributed by atoms with Crippen LogP contribution in [0.15, 0.2) is 29.2 Å². The van der Waals surface area contributed by atoms with Crippen LogP contribution in [0.1, 0.15) is 104 Å². The van der Waals surface area contributed by atoms with Crippen molar-refractivity contribution in [1.29, 1.82) is 0 Å². The minimum absolute atomic E-state index is 0.334. The minimum Gasteiger partial charge on any atom is -0.435 e. The van der Waals surface area contributed by atoms with Crippen LogP contribution in [0.2, 0.25) is 0 Å². The predicted octanol–water partition coefficient (Wildman–Crippen LogP) is 5.92. The van der Waals surface area contributed by atoms with E-state index in [4.69, 9.17) is 4.74 Å². The molecule has 0 aromatic carbocycles. The van der Waals surface area contributed by atoms with Crippen LogP contribution < -0.4 is 5.32 Å². The fraction of sp³-hybridized carbons (Fsp3) is 0.750. The maximum Gasteiger partial charge on any atom is 0.530 e. The van der Waals surface area contributed by atoms with Gasteiger partial charge in [0.1, 0.15) is 6.10 Å². The molecule has 0 bridgehead atoms. The number of amidine groups is 1. The molecule has 0 aromatic heterocycles. The second-order valence-electron chi connectivity index (χ2n) is 10.4. The summed E-state index contributed by atoms with van der Waals surface area (Å²) < 4.78 is 18.4. The summed E-state index contributed by atoms with van der Waals surface area (Å²) in [5.41, 5.74) is 0. The van der Waals surface area contributed by atoms with Crippen molar-refractivity contribution in [1.82, 2.24) is 5.32 Å². The predicted molar refractivity (Wildman–Crippen MR) is 144 cm³/mol. The van der Waals surface area contributed by atoms with Crippen LogP contribution in [0.5, 0.6) is 0 Å². The zero-order chi connectivity index (χ0) is 28.0. The number of rotatable bonds is 17. The van der Waals surface area contributed by atoms with Gasteiger partial charge in [-0.3, -0.25) is 0 Å². The normalized spacial score (nSPS) is 27.6. The van der Waals surface area contributed by atoms with Crippen LogP contribution in [0.25, 0.3) is 0 Å². The first-order valence-electron chi connectivity index (χ1n) is 14.3. The van der Waals surface area contributed by atoms with Crippen LogP contribution in [0, 0.1) is 0 Å². The number of carbonyl (C=O) groups excluding carboxylic acids is 1. The Morgan fingerprint density at radius 3 is 2.08 bits per heavy atom. The maximum absolute atomic E-state index is 14.8. The number of nitrogens with one attached hydrogen (secondary N) is 1. The number of ether oxygens (including phenoxy) is 1. The van der Waals surface area contributed by atoms with Gasteiger partial charge in [-0.05, 0) is 39.0 Å². The van der Waals surface area contributed by atoms with Crippen molar-refractivity contribution in [2.45, 2.75) is 128 Å². The van der Waals surface area contributed by atoms with Gasteiger partial charge in [0.05, 0.1) is 6.10 Å². The Labute approximate surface area is 226 Å². The van der Waals surface area contributed by atoms with E-state index >= 15 is 0 Å². The number of imide groups is 1. The third-order valence-electron chi connectivity index (χ3n) is 7.24. The topological polar surface area (TPSA) is 128 Å². The second kappa shape index (κ2) is 16.7. The van der Waals surface area contributed by atoms with Crippen molar-refractivity contribution in [3.63, 3.8) is 0 Å². The molecule has 0 aromatic rings. The van der Waals surface area contributed by atoms with E-state index in [0.29, 0.717) is 12.7 Å². The lowest BCUT2D eigenvalue weighted by atomic mass is 10.1. The summed E-state index contributed by atoms with van der Waals surface area (Å²) in [4.78, 5) is 28.3. The summed E-state index contributed by atoms with van der Waals surface area (Å²) in [6.07, 6.45) is 14.2.